The number of halogens is 6. The quantitative estimate of drug-likeness (QED) is 0.200. The van der Waals surface area contributed by atoms with Crippen molar-refractivity contribution in [1.29, 1.82) is 0 Å². The summed E-state index contributed by atoms with van der Waals surface area (Å²) in [6.45, 7) is 0. The van der Waals surface area contributed by atoms with Crippen LogP contribution >= 0.6 is 0 Å². The second-order valence-electron chi connectivity index (χ2n) is 6.74. The van der Waals surface area contributed by atoms with Crippen LogP contribution in [0.1, 0.15) is 22.5 Å². The van der Waals surface area contributed by atoms with Gasteiger partial charge in [-0.05, 0) is 36.1 Å². The maximum absolute atomic E-state index is 12.9. The highest BCUT2D eigenvalue weighted by Gasteiger charge is 2.51. The molecule has 38 heavy (non-hydrogen) atoms. The summed E-state index contributed by atoms with van der Waals surface area (Å²) < 4.78 is 132. The van der Waals surface area contributed by atoms with Gasteiger partial charge in [0.05, 0.1) is 0 Å². The van der Waals surface area contributed by atoms with E-state index in [1.54, 1.807) is 24.3 Å². The zero-order chi connectivity index (χ0) is 28.2. The van der Waals surface area contributed by atoms with Crippen molar-refractivity contribution in [3.05, 3.63) is 83.4 Å². The zero-order valence-corrected chi connectivity index (χ0v) is 19.8. The molecule has 0 amide bonds. The molecular weight excluding hydrogens is 566 g/mol. The van der Waals surface area contributed by atoms with Crippen molar-refractivity contribution in [2.45, 2.75) is 11.0 Å². The average molecular weight is 576 g/mol. The minimum Gasteiger partial charge on any atom is -0.372 e. The topological polar surface area (TPSA) is 113 Å². The van der Waals surface area contributed by atoms with Crippen molar-refractivity contribution in [2.24, 2.45) is 0 Å². The van der Waals surface area contributed by atoms with E-state index in [1.807, 2.05) is 0 Å². The van der Waals surface area contributed by atoms with Crippen LogP contribution in [0.5, 0.6) is 11.5 Å². The van der Waals surface area contributed by atoms with E-state index >= 15 is 0 Å². The Hall–Kier alpha value is -4.28. The van der Waals surface area contributed by atoms with Crippen LogP contribution in [0.15, 0.2) is 60.9 Å². The van der Waals surface area contributed by atoms with Gasteiger partial charge in [0, 0.05) is 35.7 Å². The van der Waals surface area contributed by atoms with Crippen LogP contribution in [0.25, 0.3) is 0 Å². The van der Waals surface area contributed by atoms with Crippen molar-refractivity contribution in [3.63, 3.8) is 0 Å². The maximum Gasteiger partial charge on any atom is 0.534 e. The molecule has 3 aromatic rings. The molecular formula is C22H10F6N2O6S2. The van der Waals surface area contributed by atoms with E-state index in [2.05, 4.69) is 42.0 Å². The van der Waals surface area contributed by atoms with Gasteiger partial charge >= 0.3 is 31.3 Å². The third kappa shape index (κ3) is 6.93. The molecule has 0 saturated carbocycles. The van der Waals surface area contributed by atoms with E-state index < -0.39 is 42.8 Å². The van der Waals surface area contributed by atoms with Crippen molar-refractivity contribution >= 4 is 20.2 Å². The van der Waals surface area contributed by atoms with Crippen molar-refractivity contribution in [3.8, 4) is 35.2 Å². The summed E-state index contributed by atoms with van der Waals surface area (Å²) in [5.74, 6) is 6.76. The van der Waals surface area contributed by atoms with Crippen LogP contribution in [0.3, 0.4) is 0 Å². The highest BCUT2D eigenvalue weighted by atomic mass is 32.2. The van der Waals surface area contributed by atoms with E-state index in [9.17, 15) is 43.2 Å². The lowest BCUT2D eigenvalue weighted by Gasteiger charge is -2.15. The molecule has 0 aliphatic heterocycles. The number of rotatable bonds is 4. The predicted molar refractivity (Wildman–Crippen MR) is 118 cm³/mol. The van der Waals surface area contributed by atoms with E-state index in [0.717, 1.165) is 0 Å². The van der Waals surface area contributed by atoms with Gasteiger partial charge in [-0.3, -0.25) is 0 Å². The summed E-state index contributed by atoms with van der Waals surface area (Å²) in [5.41, 5.74) is -12.5. The Morgan fingerprint density at radius 1 is 0.605 bits per heavy atom. The minimum atomic E-state index is -6.48. The van der Waals surface area contributed by atoms with E-state index in [0.29, 0.717) is 12.1 Å². The Balaban J connectivity index is 2.28. The van der Waals surface area contributed by atoms with E-state index in [-0.39, 0.29) is 22.5 Å². The summed E-state index contributed by atoms with van der Waals surface area (Å²) in [6.07, 6.45) is 2.71. The normalized spacial score (nSPS) is 11.9. The van der Waals surface area contributed by atoms with Gasteiger partial charge in [-0.1, -0.05) is 24.0 Å². The van der Waals surface area contributed by atoms with Crippen LogP contribution in [0.4, 0.5) is 26.3 Å². The fourth-order valence-electron chi connectivity index (χ4n) is 2.36. The molecule has 8 nitrogen and oxygen atoms in total. The summed E-state index contributed by atoms with van der Waals surface area (Å²) in [7, 11) is -13.0. The van der Waals surface area contributed by atoms with Crippen molar-refractivity contribution in [2.75, 3.05) is 0 Å². The van der Waals surface area contributed by atoms with E-state index in [4.69, 9.17) is 0 Å². The highest BCUT2D eigenvalue weighted by Crippen LogP contribution is 2.38. The molecule has 0 radical (unpaired) electrons. The largest absolute Gasteiger partial charge is 0.534 e. The van der Waals surface area contributed by atoms with Gasteiger partial charge in [0.15, 0.2) is 11.5 Å². The van der Waals surface area contributed by atoms with Crippen molar-refractivity contribution in [1.82, 2.24) is 9.97 Å². The smallest absolute Gasteiger partial charge is 0.372 e. The number of pyridine rings is 2. The Bertz CT molecular complexity index is 1540. The first-order valence-corrected chi connectivity index (χ1v) is 12.5. The predicted octanol–water partition coefficient (Wildman–Crippen LogP) is 3.73. The lowest BCUT2D eigenvalue weighted by molar-refractivity contribution is -0.0513. The fraction of sp³-hybridized carbons (Fsp3) is 0.0909. The maximum atomic E-state index is 12.9. The molecule has 198 valence electrons. The zero-order valence-electron chi connectivity index (χ0n) is 18.2. The first-order valence-electron chi connectivity index (χ1n) is 9.65. The number of nitrogens with zero attached hydrogens (tertiary/aromatic N) is 2. The first-order chi connectivity index (χ1) is 17.6. The molecule has 2 aromatic heterocycles. The second kappa shape index (κ2) is 10.6. The monoisotopic (exact) mass is 576 g/mol. The number of benzene rings is 1. The molecule has 0 aliphatic carbocycles. The summed E-state index contributed by atoms with van der Waals surface area (Å²) >= 11 is 0. The Kier molecular flexibility index (Phi) is 7.90. The molecule has 3 rings (SSSR count). The molecule has 16 heteroatoms. The molecule has 0 unspecified atom stereocenters. The summed E-state index contributed by atoms with van der Waals surface area (Å²) in [6, 6.07) is 9.93. The molecule has 0 aliphatic rings. The molecule has 0 fully saturated rings. The number of hydrogen-bond donors (Lipinski definition) is 0. The highest BCUT2D eigenvalue weighted by molar-refractivity contribution is 7.88. The first kappa shape index (κ1) is 28.3. The Morgan fingerprint density at radius 2 is 0.974 bits per heavy atom. The lowest BCUT2D eigenvalue weighted by Crippen LogP contribution is -2.30. The molecule has 0 saturated heterocycles. The van der Waals surface area contributed by atoms with Crippen molar-refractivity contribution < 1.29 is 51.5 Å². The molecule has 0 spiro atoms. The standard InChI is InChI=1S/C22H10F6N2O6S2/c23-21(24,25)37(31,32)35-19-13-15(7-9-17-5-1-3-11-29-17)16(8-10-18-6-2-4-12-30-18)14-20(19)36-38(33,34)22(26,27)28/h1-6,11-14H. The third-order valence-electron chi connectivity index (χ3n) is 4.03. The van der Waals surface area contributed by atoms with Crippen LogP contribution in [0, 0.1) is 23.7 Å². The van der Waals surface area contributed by atoms with Crippen LogP contribution in [-0.4, -0.2) is 37.8 Å². The number of hydrogen-bond acceptors (Lipinski definition) is 8. The molecule has 0 N–H and O–H groups in total. The van der Waals surface area contributed by atoms with Gasteiger partial charge in [-0.25, -0.2) is 9.97 Å². The molecule has 2 heterocycles. The second-order valence-corrected chi connectivity index (χ2v) is 9.82. The van der Waals surface area contributed by atoms with Gasteiger partial charge in [-0.15, -0.1) is 0 Å². The fourth-order valence-corrected chi connectivity index (χ4v) is 3.29. The Labute approximate surface area is 211 Å². The molecule has 0 bridgehead atoms. The van der Waals surface area contributed by atoms with Crippen LogP contribution in [0.2, 0.25) is 0 Å². The molecule has 1 aromatic carbocycles. The average Bonchev–Trinajstić information content (AvgIpc) is 2.82. The van der Waals surface area contributed by atoms with Gasteiger partial charge in [0.2, 0.25) is 0 Å². The van der Waals surface area contributed by atoms with Crippen LogP contribution in [-0.2, 0) is 20.2 Å². The van der Waals surface area contributed by atoms with Gasteiger partial charge in [0.25, 0.3) is 0 Å². The summed E-state index contributed by atoms with van der Waals surface area (Å²) in [4.78, 5) is 7.80. The van der Waals surface area contributed by atoms with Crippen LogP contribution < -0.4 is 8.37 Å². The van der Waals surface area contributed by atoms with Gasteiger partial charge < -0.3 is 8.37 Å². The van der Waals surface area contributed by atoms with E-state index in [1.165, 1.54) is 24.5 Å². The van der Waals surface area contributed by atoms with Gasteiger partial charge in [-0.2, -0.15) is 43.2 Å². The minimum absolute atomic E-state index is 0.140. The third-order valence-corrected chi connectivity index (χ3v) is 5.96. The summed E-state index contributed by atoms with van der Waals surface area (Å²) in [5, 5.41) is 0. The van der Waals surface area contributed by atoms with Gasteiger partial charge in [0.1, 0.15) is 11.4 Å². The lowest BCUT2D eigenvalue weighted by atomic mass is 10.1. The SMILES string of the molecule is O=S(=O)(Oc1cc(C#Cc2ccccn2)c(C#Cc2ccccn2)cc1OS(=O)(=O)C(F)(F)F)C(F)(F)F. The molecule has 0 atom stereocenters. The number of aromatic nitrogens is 2. The number of alkyl halides is 6. The Morgan fingerprint density at radius 3 is 1.26 bits per heavy atom.